The molecular weight excluding hydrogens is 618 g/mol. The fraction of sp³-hybridized carbons (Fsp3) is 0.278. The Morgan fingerprint density at radius 2 is 1.53 bits per heavy atom. The molecule has 4 N–H and O–H groups in total. The monoisotopic (exact) mass is 657 g/mol. The zero-order valence-corrected chi connectivity index (χ0v) is 27.2. The van der Waals surface area contributed by atoms with Crippen molar-refractivity contribution in [3.8, 4) is 22.6 Å². The molecule has 1 unspecified atom stereocenters. The molecule has 1 amide bonds. The highest BCUT2D eigenvalue weighted by molar-refractivity contribution is 7.93. The Bertz CT molecular complexity index is 1770. The number of carboxylic acids is 1. The maximum Gasteiger partial charge on any atom is 0.326 e. The molecule has 11 heteroatoms. The first-order valence-electron chi connectivity index (χ1n) is 15.4. The second-order valence-electron chi connectivity index (χ2n) is 11.4. The molecule has 0 radical (unpaired) electrons. The fourth-order valence-corrected chi connectivity index (χ4v) is 7.82. The fourth-order valence-electron chi connectivity index (χ4n) is 5.87. The molecule has 4 aromatic carbocycles. The van der Waals surface area contributed by atoms with E-state index in [1.165, 1.54) is 12.1 Å². The second-order valence-corrected chi connectivity index (χ2v) is 13.7. The van der Waals surface area contributed by atoms with Gasteiger partial charge in [-0.15, -0.1) is 0 Å². The quantitative estimate of drug-likeness (QED) is 0.161. The number of nitrogens with one attached hydrogen (secondary N) is 3. The molecule has 4 aromatic rings. The standard InChI is InChI=1S/C36H39N3O7S/c1-45-31-10-6-11-32(46-2)33(31)27-14-12-25(13-15-27)22-30(34(40)41)39-35(42)36(20-7-21-37-24-36)47(43,44)29-18-16-28(17-19-29)38-23-26-8-4-3-5-9-26/h3-6,8-19,30,37-38H,7,20-24H2,1-2H3,(H,39,42)(H,40,41)/t30-,36?/m0/s1. The molecule has 0 saturated carbocycles. The molecule has 0 spiro atoms. The molecule has 0 aliphatic carbocycles. The van der Waals surface area contributed by atoms with Crippen LogP contribution >= 0.6 is 0 Å². The van der Waals surface area contributed by atoms with Crippen molar-refractivity contribution in [3.63, 3.8) is 0 Å². The number of carbonyl (C=O) groups is 2. The number of ether oxygens (including phenoxy) is 2. The van der Waals surface area contributed by atoms with Crippen molar-refractivity contribution in [2.45, 2.75) is 41.5 Å². The smallest absolute Gasteiger partial charge is 0.326 e. The number of carbonyl (C=O) groups excluding carboxylic acids is 1. The number of piperidine rings is 1. The lowest BCUT2D eigenvalue weighted by Gasteiger charge is -2.36. The van der Waals surface area contributed by atoms with Gasteiger partial charge in [-0.05, 0) is 72.5 Å². The van der Waals surface area contributed by atoms with Gasteiger partial charge in [0.1, 0.15) is 17.5 Å². The molecule has 0 aromatic heterocycles. The summed E-state index contributed by atoms with van der Waals surface area (Å²) in [7, 11) is -1.08. The normalized spacial score (nSPS) is 16.9. The SMILES string of the molecule is COc1cccc(OC)c1-c1ccc(C[C@H](NC(=O)C2(S(=O)(=O)c3ccc(NCc4ccccc4)cc3)CCCNC2)C(=O)O)cc1. The Hall–Kier alpha value is -4.87. The zero-order chi connectivity index (χ0) is 33.4. The number of aliphatic carboxylic acids is 1. The second kappa shape index (κ2) is 14.7. The summed E-state index contributed by atoms with van der Waals surface area (Å²) in [6.45, 7) is 0.993. The Labute approximate surface area is 275 Å². The van der Waals surface area contributed by atoms with E-state index in [9.17, 15) is 23.1 Å². The molecule has 246 valence electrons. The third-order valence-electron chi connectivity index (χ3n) is 8.49. The summed E-state index contributed by atoms with van der Waals surface area (Å²) in [5.74, 6) is -0.852. The van der Waals surface area contributed by atoms with E-state index in [4.69, 9.17) is 9.47 Å². The number of rotatable bonds is 13. The van der Waals surface area contributed by atoms with Gasteiger partial charge in [0.25, 0.3) is 0 Å². The number of benzene rings is 4. The summed E-state index contributed by atoms with van der Waals surface area (Å²) in [5.41, 5.74) is 4.01. The van der Waals surface area contributed by atoms with Crippen LogP contribution in [-0.2, 0) is 32.4 Å². The van der Waals surface area contributed by atoms with Crippen LogP contribution in [0.25, 0.3) is 11.1 Å². The van der Waals surface area contributed by atoms with Gasteiger partial charge in [-0.1, -0.05) is 60.7 Å². The summed E-state index contributed by atoms with van der Waals surface area (Å²) in [5, 5.41) is 19.0. The summed E-state index contributed by atoms with van der Waals surface area (Å²) in [6, 6.07) is 27.4. The highest BCUT2D eigenvalue weighted by Gasteiger charge is 2.52. The summed E-state index contributed by atoms with van der Waals surface area (Å²) < 4.78 is 37.4. The molecule has 1 aliphatic rings. The largest absolute Gasteiger partial charge is 0.496 e. The highest BCUT2D eigenvalue weighted by atomic mass is 32.2. The first-order valence-corrected chi connectivity index (χ1v) is 16.8. The van der Waals surface area contributed by atoms with Crippen molar-refractivity contribution in [1.82, 2.24) is 10.6 Å². The van der Waals surface area contributed by atoms with Crippen LogP contribution in [0.4, 0.5) is 5.69 Å². The number of hydrogen-bond acceptors (Lipinski definition) is 8. The lowest BCUT2D eigenvalue weighted by Crippen LogP contribution is -2.62. The Morgan fingerprint density at radius 1 is 0.872 bits per heavy atom. The molecule has 1 saturated heterocycles. The highest BCUT2D eigenvalue weighted by Crippen LogP contribution is 2.38. The lowest BCUT2D eigenvalue weighted by atomic mass is 9.96. The lowest BCUT2D eigenvalue weighted by molar-refractivity contribution is -0.142. The summed E-state index contributed by atoms with van der Waals surface area (Å²) >= 11 is 0. The van der Waals surface area contributed by atoms with Crippen molar-refractivity contribution < 1.29 is 32.6 Å². The molecule has 47 heavy (non-hydrogen) atoms. The number of sulfone groups is 1. The maximum atomic E-state index is 14.1. The van der Waals surface area contributed by atoms with Gasteiger partial charge in [-0.2, -0.15) is 0 Å². The van der Waals surface area contributed by atoms with Crippen LogP contribution in [0.1, 0.15) is 24.0 Å². The number of anilines is 1. The van der Waals surface area contributed by atoms with Crippen molar-refractivity contribution in [2.24, 2.45) is 0 Å². The van der Waals surface area contributed by atoms with Gasteiger partial charge in [-0.3, -0.25) is 4.79 Å². The van der Waals surface area contributed by atoms with Gasteiger partial charge in [0.05, 0.1) is 24.7 Å². The van der Waals surface area contributed by atoms with Gasteiger partial charge in [0, 0.05) is 25.2 Å². The van der Waals surface area contributed by atoms with Crippen LogP contribution in [0.15, 0.2) is 102 Å². The molecule has 0 bridgehead atoms. The van der Waals surface area contributed by atoms with Gasteiger partial charge >= 0.3 is 5.97 Å². The van der Waals surface area contributed by atoms with Crippen molar-refractivity contribution in [1.29, 1.82) is 0 Å². The number of methoxy groups -OCH3 is 2. The van der Waals surface area contributed by atoms with E-state index in [1.807, 2.05) is 60.7 Å². The first-order chi connectivity index (χ1) is 22.7. The summed E-state index contributed by atoms with van der Waals surface area (Å²) in [4.78, 5) is 26.3. The topological polar surface area (TPSA) is 143 Å². The summed E-state index contributed by atoms with van der Waals surface area (Å²) in [6.07, 6.45) is 0.453. The van der Waals surface area contributed by atoms with Crippen molar-refractivity contribution in [2.75, 3.05) is 32.6 Å². The minimum absolute atomic E-state index is 0.00385. The minimum Gasteiger partial charge on any atom is -0.496 e. The van der Waals surface area contributed by atoms with E-state index in [0.29, 0.717) is 36.6 Å². The molecule has 1 aliphatic heterocycles. The van der Waals surface area contributed by atoms with E-state index in [0.717, 1.165) is 22.4 Å². The van der Waals surface area contributed by atoms with Gasteiger partial charge < -0.3 is 30.5 Å². The first kappa shape index (κ1) is 33.5. The van der Waals surface area contributed by atoms with Crippen molar-refractivity contribution >= 4 is 27.4 Å². The van der Waals surface area contributed by atoms with Gasteiger partial charge in [0.15, 0.2) is 14.6 Å². The Balaban J connectivity index is 1.34. The van der Waals surface area contributed by atoms with E-state index >= 15 is 0 Å². The molecule has 1 heterocycles. The maximum absolute atomic E-state index is 14.1. The van der Waals surface area contributed by atoms with E-state index in [-0.39, 0.29) is 24.3 Å². The predicted molar refractivity (Wildman–Crippen MR) is 180 cm³/mol. The average Bonchev–Trinajstić information content (AvgIpc) is 3.11. The van der Waals surface area contributed by atoms with E-state index in [1.54, 1.807) is 38.5 Å². The van der Waals surface area contributed by atoms with E-state index < -0.39 is 32.5 Å². The van der Waals surface area contributed by atoms with Crippen LogP contribution in [0.3, 0.4) is 0 Å². The third kappa shape index (κ3) is 7.26. The third-order valence-corrected chi connectivity index (χ3v) is 10.9. The average molecular weight is 658 g/mol. The molecule has 1 fully saturated rings. The molecule has 10 nitrogen and oxygen atoms in total. The van der Waals surface area contributed by atoms with Crippen LogP contribution in [0.2, 0.25) is 0 Å². The van der Waals surface area contributed by atoms with Crippen molar-refractivity contribution in [3.05, 3.63) is 108 Å². The predicted octanol–water partition coefficient (Wildman–Crippen LogP) is 4.69. The molecule has 5 rings (SSSR count). The van der Waals surface area contributed by atoms with Crippen LogP contribution in [-0.4, -0.2) is 63.5 Å². The Kier molecular flexibility index (Phi) is 10.5. The van der Waals surface area contributed by atoms with Crippen LogP contribution in [0, 0.1) is 0 Å². The van der Waals surface area contributed by atoms with Crippen LogP contribution < -0.4 is 25.4 Å². The molecular formula is C36H39N3O7S. The number of hydrogen-bond donors (Lipinski definition) is 4. The zero-order valence-electron chi connectivity index (χ0n) is 26.4. The minimum atomic E-state index is -4.22. The number of amides is 1. The number of carboxylic acid groups (broad SMARTS) is 1. The van der Waals surface area contributed by atoms with E-state index in [2.05, 4.69) is 16.0 Å². The Morgan fingerprint density at radius 3 is 2.11 bits per heavy atom. The van der Waals surface area contributed by atoms with Crippen LogP contribution in [0.5, 0.6) is 11.5 Å². The van der Waals surface area contributed by atoms with Gasteiger partial charge in [-0.25, -0.2) is 13.2 Å². The van der Waals surface area contributed by atoms with Gasteiger partial charge in [0.2, 0.25) is 5.91 Å². The molecule has 2 atom stereocenters.